The predicted molar refractivity (Wildman–Crippen MR) is 104 cm³/mol. The van der Waals surface area contributed by atoms with Crippen molar-refractivity contribution in [1.82, 2.24) is 14.9 Å². The van der Waals surface area contributed by atoms with Crippen LogP contribution in [0.3, 0.4) is 0 Å². The largest absolute Gasteiger partial charge is 0.360 e. The molecule has 0 unspecified atom stereocenters. The molecule has 8 nitrogen and oxygen atoms in total. The highest BCUT2D eigenvalue weighted by Gasteiger charge is 2.35. The second kappa shape index (κ2) is 9.44. The summed E-state index contributed by atoms with van der Waals surface area (Å²) in [5, 5.41) is 6.37. The maximum Gasteiger partial charge on any atom is 0.309 e. The number of carbonyl (C=O) groups excluding carboxylic acids is 2. The van der Waals surface area contributed by atoms with Crippen LogP contribution in [0.1, 0.15) is 12.0 Å². The van der Waals surface area contributed by atoms with Gasteiger partial charge in [-0.15, -0.1) is 11.3 Å². The summed E-state index contributed by atoms with van der Waals surface area (Å²) in [6.07, 6.45) is -0.391. The van der Waals surface area contributed by atoms with E-state index in [1.807, 2.05) is 0 Å². The number of nitrogens with one attached hydrogen (secondary N) is 2. The minimum absolute atomic E-state index is 0.141. The Hall–Kier alpha value is -2.34. The summed E-state index contributed by atoms with van der Waals surface area (Å²) in [6.45, 7) is 0.269. The van der Waals surface area contributed by atoms with Crippen LogP contribution >= 0.6 is 11.3 Å². The van der Waals surface area contributed by atoms with Crippen LogP contribution in [0.2, 0.25) is 0 Å². The molecule has 11 heteroatoms. The van der Waals surface area contributed by atoms with Crippen molar-refractivity contribution in [1.29, 1.82) is 0 Å². The first kappa shape index (κ1) is 21.4. The van der Waals surface area contributed by atoms with Gasteiger partial charge in [-0.25, -0.2) is 12.8 Å². The second-order valence-corrected chi connectivity index (χ2v) is 9.28. The fourth-order valence-electron chi connectivity index (χ4n) is 2.79. The number of carbonyl (C=O) groups is 2. The predicted octanol–water partition coefficient (Wildman–Crippen LogP) is 1.06. The van der Waals surface area contributed by atoms with Gasteiger partial charge in [0.15, 0.2) is 0 Å². The number of sulfonamides is 1. The van der Waals surface area contributed by atoms with E-state index in [9.17, 15) is 22.4 Å². The Balaban J connectivity index is 1.56. The zero-order valence-corrected chi connectivity index (χ0v) is 17.0. The number of hydrogen-bond acceptors (Lipinski definition) is 6. The fourth-order valence-corrected chi connectivity index (χ4v) is 5.47. The first-order chi connectivity index (χ1) is 13.9. The molecule has 1 saturated heterocycles. The Morgan fingerprint density at radius 2 is 1.93 bits per heavy atom. The van der Waals surface area contributed by atoms with E-state index < -0.39 is 33.9 Å². The van der Waals surface area contributed by atoms with Gasteiger partial charge < -0.3 is 15.4 Å². The van der Waals surface area contributed by atoms with Gasteiger partial charge in [0, 0.05) is 18.7 Å². The molecule has 2 amide bonds. The van der Waals surface area contributed by atoms with Crippen molar-refractivity contribution in [3.63, 3.8) is 0 Å². The highest BCUT2D eigenvalue weighted by atomic mass is 32.2. The lowest BCUT2D eigenvalue weighted by Crippen LogP contribution is -2.52. The van der Waals surface area contributed by atoms with Gasteiger partial charge in [-0.3, -0.25) is 9.59 Å². The summed E-state index contributed by atoms with van der Waals surface area (Å²) >= 11 is 1.09. The van der Waals surface area contributed by atoms with Crippen molar-refractivity contribution < 1.29 is 27.1 Å². The average molecular weight is 442 g/mol. The summed E-state index contributed by atoms with van der Waals surface area (Å²) in [7, 11) is -3.75. The SMILES string of the molecule is O=C(NCc1ccccc1F)C(=O)NC[C@@H]1OCCCN1S(=O)(=O)c1cccs1. The third kappa shape index (κ3) is 5.18. The van der Waals surface area contributed by atoms with E-state index in [1.54, 1.807) is 17.5 Å². The van der Waals surface area contributed by atoms with Crippen LogP contribution in [0.5, 0.6) is 0 Å². The monoisotopic (exact) mass is 441 g/mol. The maximum atomic E-state index is 13.6. The maximum absolute atomic E-state index is 13.6. The van der Waals surface area contributed by atoms with Crippen LogP contribution in [0.15, 0.2) is 46.0 Å². The average Bonchev–Trinajstić information content (AvgIpc) is 3.27. The molecule has 1 aliphatic rings. The van der Waals surface area contributed by atoms with Crippen LogP contribution in [-0.2, 0) is 30.9 Å². The van der Waals surface area contributed by atoms with E-state index in [0.717, 1.165) is 11.3 Å². The number of rotatable bonds is 6. The summed E-state index contributed by atoms with van der Waals surface area (Å²) in [5.41, 5.74) is 0.248. The molecule has 2 heterocycles. The summed E-state index contributed by atoms with van der Waals surface area (Å²) in [6, 6.07) is 9.03. The Morgan fingerprint density at radius 1 is 1.17 bits per heavy atom. The highest BCUT2D eigenvalue weighted by Crippen LogP contribution is 2.25. The van der Waals surface area contributed by atoms with E-state index in [4.69, 9.17) is 4.74 Å². The van der Waals surface area contributed by atoms with Gasteiger partial charge in [-0.2, -0.15) is 4.31 Å². The van der Waals surface area contributed by atoms with Gasteiger partial charge in [0.05, 0.1) is 13.2 Å². The minimum atomic E-state index is -3.75. The van der Waals surface area contributed by atoms with Crippen LogP contribution in [0.4, 0.5) is 4.39 Å². The smallest absolute Gasteiger partial charge is 0.309 e. The molecule has 1 aromatic heterocycles. The zero-order chi connectivity index (χ0) is 20.9. The van der Waals surface area contributed by atoms with Crippen LogP contribution < -0.4 is 10.6 Å². The molecule has 3 rings (SSSR count). The Morgan fingerprint density at radius 3 is 2.66 bits per heavy atom. The quantitative estimate of drug-likeness (QED) is 0.653. The van der Waals surface area contributed by atoms with Gasteiger partial charge in [-0.1, -0.05) is 24.3 Å². The van der Waals surface area contributed by atoms with Gasteiger partial charge in [0.2, 0.25) is 0 Å². The number of halogens is 1. The minimum Gasteiger partial charge on any atom is -0.360 e. The Labute approximate surface area is 171 Å². The number of thiophene rings is 1. The van der Waals surface area contributed by atoms with Crippen LogP contribution in [0.25, 0.3) is 0 Å². The van der Waals surface area contributed by atoms with E-state index in [-0.39, 0.29) is 29.4 Å². The van der Waals surface area contributed by atoms with Gasteiger partial charge in [-0.05, 0) is 23.9 Å². The number of nitrogens with zero attached hydrogens (tertiary/aromatic N) is 1. The molecular formula is C18H20FN3O5S2. The lowest BCUT2D eigenvalue weighted by atomic mass is 10.2. The summed E-state index contributed by atoms with van der Waals surface area (Å²) in [4.78, 5) is 24.0. The first-order valence-corrected chi connectivity index (χ1v) is 11.2. The molecule has 0 aliphatic carbocycles. The van der Waals surface area contributed by atoms with Crippen LogP contribution in [0, 0.1) is 5.82 Å². The summed E-state index contributed by atoms with van der Waals surface area (Å²) < 4.78 is 46.0. The fraction of sp³-hybridized carbons (Fsp3) is 0.333. The number of benzene rings is 1. The molecule has 1 atom stereocenters. The second-order valence-electron chi connectivity index (χ2n) is 6.21. The normalized spacial score (nSPS) is 17.6. The van der Waals surface area contributed by atoms with Crippen LogP contribution in [-0.4, -0.2) is 50.5 Å². The topological polar surface area (TPSA) is 105 Å². The standard InChI is InChI=1S/C18H20FN3O5S2/c19-14-6-2-1-5-13(14)11-20-17(23)18(24)21-12-15-22(8-4-9-27-15)29(25,26)16-7-3-10-28-16/h1-3,5-7,10,15H,4,8-9,11-12H2,(H,20,23)(H,21,24)/t15-/m0/s1. The molecule has 0 saturated carbocycles. The van der Waals surface area contributed by atoms with Gasteiger partial charge in [0.1, 0.15) is 16.3 Å². The van der Waals surface area contributed by atoms with E-state index >= 15 is 0 Å². The zero-order valence-electron chi connectivity index (χ0n) is 15.3. The number of amides is 2. The van der Waals surface area contributed by atoms with E-state index in [1.165, 1.54) is 28.6 Å². The Kier molecular flexibility index (Phi) is 6.96. The van der Waals surface area contributed by atoms with E-state index in [0.29, 0.717) is 13.0 Å². The number of hydrogen-bond donors (Lipinski definition) is 2. The molecule has 0 bridgehead atoms. The highest BCUT2D eigenvalue weighted by molar-refractivity contribution is 7.91. The lowest BCUT2D eigenvalue weighted by Gasteiger charge is -2.34. The van der Waals surface area contributed by atoms with Crippen molar-refractivity contribution in [2.75, 3.05) is 19.7 Å². The van der Waals surface area contributed by atoms with Gasteiger partial charge >= 0.3 is 11.8 Å². The molecule has 156 valence electrons. The number of ether oxygens (including phenoxy) is 1. The van der Waals surface area contributed by atoms with Crippen molar-refractivity contribution in [3.8, 4) is 0 Å². The summed E-state index contributed by atoms with van der Waals surface area (Å²) in [5.74, 6) is -2.39. The Bertz CT molecular complexity index is 966. The molecule has 2 N–H and O–H groups in total. The van der Waals surface area contributed by atoms with Gasteiger partial charge in [0.25, 0.3) is 10.0 Å². The molecule has 1 aliphatic heterocycles. The molecule has 0 spiro atoms. The van der Waals surface area contributed by atoms with Crippen molar-refractivity contribution in [3.05, 3.63) is 53.2 Å². The third-order valence-electron chi connectivity index (χ3n) is 4.25. The third-order valence-corrected chi connectivity index (χ3v) is 7.51. The molecular weight excluding hydrogens is 421 g/mol. The molecule has 29 heavy (non-hydrogen) atoms. The van der Waals surface area contributed by atoms with E-state index in [2.05, 4.69) is 10.6 Å². The van der Waals surface area contributed by atoms with Crippen molar-refractivity contribution in [2.24, 2.45) is 0 Å². The molecule has 1 aromatic carbocycles. The molecule has 0 radical (unpaired) electrons. The molecule has 2 aromatic rings. The molecule has 1 fully saturated rings. The lowest BCUT2D eigenvalue weighted by molar-refractivity contribution is -0.140. The van der Waals surface area contributed by atoms with Crippen molar-refractivity contribution in [2.45, 2.75) is 23.4 Å². The van der Waals surface area contributed by atoms with Crippen molar-refractivity contribution >= 4 is 33.2 Å². The first-order valence-electron chi connectivity index (χ1n) is 8.86.